The highest BCUT2D eigenvalue weighted by Gasteiger charge is 2.27. The van der Waals surface area contributed by atoms with Gasteiger partial charge in [0.2, 0.25) is 5.91 Å². The van der Waals surface area contributed by atoms with Crippen molar-refractivity contribution in [1.29, 1.82) is 0 Å². The normalized spacial score (nSPS) is 18.6. The molecule has 1 amide bonds. The molecule has 0 radical (unpaired) electrons. The molecular weight excluding hydrogens is 300 g/mol. The minimum absolute atomic E-state index is 0.0542. The first kappa shape index (κ1) is 15.1. The van der Waals surface area contributed by atoms with E-state index in [1.807, 2.05) is 37.3 Å². The van der Waals surface area contributed by atoms with Gasteiger partial charge < -0.3 is 9.88 Å². The topological polar surface area (TPSA) is 61.9 Å². The molecular formula is C19H22N4O. The maximum atomic E-state index is 12.4. The van der Waals surface area contributed by atoms with Crippen LogP contribution < -0.4 is 0 Å². The lowest BCUT2D eigenvalue weighted by atomic mass is 9.87. The summed E-state index contributed by atoms with van der Waals surface area (Å²) in [5.41, 5.74) is 3.10. The Balaban J connectivity index is 1.78. The number of amides is 1. The van der Waals surface area contributed by atoms with E-state index >= 15 is 0 Å². The lowest BCUT2D eigenvalue weighted by molar-refractivity contribution is -0.135. The molecule has 0 saturated carbocycles. The van der Waals surface area contributed by atoms with Gasteiger partial charge in [0.05, 0.1) is 11.7 Å². The van der Waals surface area contributed by atoms with E-state index < -0.39 is 0 Å². The zero-order valence-electron chi connectivity index (χ0n) is 14.1. The number of aromatic amines is 1. The van der Waals surface area contributed by atoms with Gasteiger partial charge in [-0.1, -0.05) is 13.8 Å². The van der Waals surface area contributed by atoms with E-state index in [0.717, 1.165) is 42.5 Å². The molecule has 5 nitrogen and oxygen atoms in total. The van der Waals surface area contributed by atoms with Crippen molar-refractivity contribution >= 4 is 27.8 Å². The van der Waals surface area contributed by atoms with Gasteiger partial charge >= 0.3 is 0 Å². The predicted molar refractivity (Wildman–Crippen MR) is 94.8 cm³/mol. The van der Waals surface area contributed by atoms with Crippen LogP contribution in [0.25, 0.3) is 21.9 Å². The van der Waals surface area contributed by atoms with Gasteiger partial charge in [-0.3, -0.25) is 9.78 Å². The quantitative estimate of drug-likeness (QED) is 0.786. The minimum Gasteiger partial charge on any atom is -0.346 e. The van der Waals surface area contributed by atoms with Crippen LogP contribution in [0.3, 0.4) is 0 Å². The number of carbonyl (C=O) groups is 1. The van der Waals surface area contributed by atoms with Gasteiger partial charge in [0, 0.05) is 48.1 Å². The Morgan fingerprint density at radius 3 is 3.04 bits per heavy atom. The van der Waals surface area contributed by atoms with Gasteiger partial charge in [-0.25, -0.2) is 4.98 Å². The number of fused-ring (bicyclic) bond motifs is 3. The number of hydrogen-bond acceptors (Lipinski definition) is 3. The summed E-state index contributed by atoms with van der Waals surface area (Å²) >= 11 is 0. The van der Waals surface area contributed by atoms with E-state index in [4.69, 9.17) is 0 Å². The maximum Gasteiger partial charge on any atom is 0.225 e. The van der Waals surface area contributed by atoms with Crippen molar-refractivity contribution in [1.82, 2.24) is 19.9 Å². The molecule has 1 atom stereocenters. The van der Waals surface area contributed by atoms with E-state index in [-0.39, 0.29) is 11.8 Å². The van der Waals surface area contributed by atoms with Crippen LogP contribution in [0.4, 0.5) is 0 Å². The molecule has 4 rings (SSSR count). The Labute approximate surface area is 141 Å². The third kappa shape index (κ3) is 2.44. The second-order valence-electron chi connectivity index (χ2n) is 6.94. The van der Waals surface area contributed by atoms with Crippen molar-refractivity contribution in [3.8, 4) is 0 Å². The van der Waals surface area contributed by atoms with Crippen LogP contribution in [0.5, 0.6) is 0 Å². The standard InChI is InChI=1S/C19H22N4O/c1-12(2)19(24)23-9-3-4-13(11-23)14-5-7-20-16-10-22-18-15(17(14)16)6-8-21-18/h5-8,10,12-13H,3-4,9,11H2,1-2H3,(H,21,22). The number of piperidine rings is 1. The highest BCUT2D eigenvalue weighted by molar-refractivity contribution is 6.05. The molecule has 1 saturated heterocycles. The fourth-order valence-electron chi connectivity index (χ4n) is 3.82. The van der Waals surface area contributed by atoms with Crippen molar-refractivity contribution in [2.75, 3.05) is 13.1 Å². The van der Waals surface area contributed by atoms with Crippen molar-refractivity contribution in [2.45, 2.75) is 32.6 Å². The van der Waals surface area contributed by atoms with Crippen LogP contribution in [0.15, 0.2) is 30.7 Å². The average molecular weight is 322 g/mol. The predicted octanol–water partition coefficient (Wildman–Crippen LogP) is 3.47. The molecule has 1 unspecified atom stereocenters. The van der Waals surface area contributed by atoms with Crippen LogP contribution in [0.1, 0.15) is 38.2 Å². The van der Waals surface area contributed by atoms with Crippen LogP contribution in [-0.4, -0.2) is 38.8 Å². The Morgan fingerprint density at radius 1 is 1.33 bits per heavy atom. The van der Waals surface area contributed by atoms with E-state index in [0.29, 0.717) is 5.92 Å². The molecule has 0 aromatic carbocycles. The molecule has 1 aliphatic heterocycles. The second-order valence-corrected chi connectivity index (χ2v) is 6.94. The van der Waals surface area contributed by atoms with Gasteiger partial charge in [-0.2, -0.15) is 0 Å². The smallest absolute Gasteiger partial charge is 0.225 e. The fraction of sp³-hybridized carbons (Fsp3) is 0.421. The van der Waals surface area contributed by atoms with E-state index in [1.54, 1.807) is 0 Å². The SMILES string of the molecule is CC(C)C(=O)N1CCCC(c2ccnc3cnc4[nH]ccc4c23)C1. The van der Waals surface area contributed by atoms with Gasteiger partial charge in [-0.05, 0) is 30.5 Å². The van der Waals surface area contributed by atoms with Crippen molar-refractivity contribution in [3.63, 3.8) is 0 Å². The first-order valence-corrected chi connectivity index (χ1v) is 8.64. The summed E-state index contributed by atoms with van der Waals surface area (Å²) in [5.74, 6) is 0.664. The van der Waals surface area contributed by atoms with Crippen molar-refractivity contribution < 1.29 is 4.79 Å². The summed E-state index contributed by atoms with van der Waals surface area (Å²) in [6.45, 7) is 5.62. The van der Waals surface area contributed by atoms with Crippen LogP contribution >= 0.6 is 0 Å². The Bertz CT molecular complexity index is 899. The molecule has 3 aromatic heterocycles. The first-order chi connectivity index (χ1) is 11.6. The van der Waals surface area contributed by atoms with E-state index in [1.165, 1.54) is 10.9 Å². The second kappa shape index (κ2) is 5.89. The van der Waals surface area contributed by atoms with E-state index in [9.17, 15) is 4.79 Å². The Morgan fingerprint density at radius 2 is 2.21 bits per heavy atom. The summed E-state index contributed by atoms with van der Waals surface area (Å²) in [6.07, 6.45) is 7.77. The number of rotatable bonds is 2. The molecule has 0 bridgehead atoms. The molecule has 0 spiro atoms. The number of nitrogens with one attached hydrogen (secondary N) is 1. The largest absolute Gasteiger partial charge is 0.346 e. The highest BCUT2D eigenvalue weighted by atomic mass is 16.2. The molecule has 5 heteroatoms. The number of nitrogens with zero attached hydrogens (tertiary/aromatic N) is 3. The Kier molecular flexibility index (Phi) is 3.71. The monoisotopic (exact) mass is 322 g/mol. The third-order valence-electron chi connectivity index (χ3n) is 4.99. The van der Waals surface area contributed by atoms with E-state index in [2.05, 4.69) is 27.1 Å². The summed E-state index contributed by atoms with van der Waals surface area (Å²) in [4.78, 5) is 26.5. The first-order valence-electron chi connectivity index (χ1n) is 8.64. The molecule has 0 aliphatic carbocycles. The van der Waals surface area contributed by atoms with Crippen LogP contribution in [0.2, 0.25) is 0 Å². The summed E-state index contributed by atoms with van der Waals surface area (Å²) in [5, 5.41) is 2.29. The number of hydrogen-bond donors (Lipinski definition) is 1. The van der Waals surface area contributed by atoms with Crippen LogP contribution in [0, 0.1) is 5.92 Å². The molecule has 4 heterocycles. The zero-order chi connectivity index (χ0) is 16.7. The highest BCUT2D eigenvalue weighted by Crippen LogP contribution is 2.34. The Hall–Kier alpha value is -2.43. The lowest BCUT2D eigenvalue weighted by Crippen LogP contribution is -2.41. The van der Waals surface area contributed by atoms with Crippen molar-refractivity contribution in [3.05, 3.63) is 36.3 Å². The molecule has 24 heavy (non-hydrogen) atoms. The zero-order valence-corrected chi connectivity index (χ0v) is 14.1. The molecule has 1 fully saturated rings. The molecule has 3 aromatic rings. The maximum absolute atomic E-state index is 12.4. The summed E-state index contributed by atoms with van der Waals surface area (Å²) in [6, 6.07) is 4.18. The number of aromatic nitrogens is 3. The summed E-state index contributed by atoms with van der Waals surface area (Å²) in [7, 11) is 0. The minimum atomic E-state index is 0.0542. The van der Waals surface area contributed by atoms with Gasteiger partial charge in [0.15, 0.2) is 0 Å². The fourth-order valence-corrected chi connectivity index (χ4v) is 3.82. The molecule has 1 aliphatic rings. The average Bonchev–Trinajstić information content (AvgIpc) is 3.09. The molecule has 124 valence electrons. The number of carbonyl (C=O) groups excluding carboxylic acids is 1. The molecule has 1 N–H and O–H groups in total. The number of H-pyrrole nitrogens is 1. The van der Waals surface area contributed by atoms with Gasteiger partial charge in [0.1, 0.15) is 5.65 Å². The van der Waals surface area contributed by atoms with Gasteiger partial charge in [0.25, 0.3) is 0 Å². The number of pyridine rings is 2. The van der Waals surface area contributed by atoms with Crippen LogP contribution in [-0.2, 0) is 4.79 Å². The number of likely N-dealkylation sites (tertiary alicyclic amines) is 1. The lowest BCUT2D eigenvalue weighted by Gasteiger charge is -2.34. The third-order valence-corrected chi connectivity index (χ3v) is 4.99. The van der Waals surface area contributed by atoms with Gasteiger partial charge in [-0.15, -0.1) is 0 Å². The summed E-state index contributed by atoms with van der Waals surface area (Å²) < 4.78 is 0. The van der Waals surface area contributed by atoms with Crippen molar-refractivity contribution in [2.24, 2.45) is 5.92 Å².